The van der Waals surface area contributed by atoms with Crippen molar-refractivity contribution in [1.29, 1.82) is 0 Å². The summed E-state index contributed by atoms with van der Waals surface area (Å²) in [6.45, 7) is 13.4. The number of anilines is 2. The number of ether oxygens (including phenoxy) is 4. The minimum atomic E-state index is -0.723. The first-order valence-corrected chi connectivity index (χ1v) is 21.0. The molecule has 0 aliphatic heterocycles. The van der Waals surface area contributed by atoms with E-state index in [9.17, 15) is 20.4 Å². The lowest BCUT2D eigenvalue weighted by molar-refractivity contribution is 0.0282. The Kier molecular flexibility index (Phi) is 31.7. The van der Waals surface area contributed by atoms with Gasteiger partial charge in [-0.15, -0.1) is 0 Å². The van der Waals surface area contributed by atoms with Gasteiger partial charge in [0.1, 0.15) is 0 Å². The Morgan fingerprint density at radius 3 is 0.827 bits per heavy atom. The first-order valence-electron chi connectivity index (χ1n) is 21.0. The molecule has 0 radical (unpaired) electrons. The van der Waals surface area contributed by atoms with Gasteiger partial charge < -0.3 is 49.2 Å². The molecule has 52 heavy (non-hydrogen) atoms. The van der Waals surface area contributed by atoms with E-state index in [1.165, 1.54) is 51.4 Å². The van der Waals surface area contributed by atoms with Crippen LogP contribution in [0.15, 0.2) is 24.3 Å². The zero-order chi connectivity index (χ0) is 38.1. The molecule has 1 aromatic rings. The summed E-state index contributed by atoms with van der Waals surface area (Å²) >= 11 is 0. The molecule has 0 saturated heterocycles. The summed E-state index contributed by atoms with van der Waals surface area (Å²) in [4.78, 5) is 3.96. The van der Waals surface area contributed by atoms with E-state index in [1.807, 2.05) is 34.1 Å². The van der Waals surface area contributed by atoms with E-state index in [0.717, 1.165) is 62.7 Å². The summed E-state index contributed by atoms with van der Waals surface area (Å²) in [5.41, 5.74) is 1.69. The third kappa shape index (κ3) is 26.3. The lowest BCUT2D eigenvalue weighted by Gasteiger charge is -2.32. The summed E-state index contributed by atoms with van der Waals surface area (Å²) in [6.07, 6.45) is 14.9. The van der Waals surface area contributed by atoms with Crippen LogP contribution in [-0.2, 0) is 18.9 Å². The second-order valence-electron chi connectivity index (χ2n) is 14.5. The SMILES string of the molecule is CCCCCCOCC(O)CN(CC(O)COCCCCCC)c1ccc(N(CC(O)COCCCCCC)CC(O)COCCCCCC)cc1. The third-order valence-corrected chi connectivity index (χ3v) is 9.11. The van der Waals surface area contributed by atoms with Gasteiger partial charge in [-0.3, -0.25) is 0 Å². The van der Waals surface area contributed by atoms with Crippen LogP contribution >= 0.6 is 0 Å². The summed E-state index contributed by atoms with van der Waals surface area (Å²) in [7, 11) is 0. The van der Waals surface area contributed by atoms with Crippen molar-refractivity contribution < 1.29 is 39.4 Å². The van der Waals surface area contributed by atoms with Gasteiger partial charge in [0.15, 0.2) is 0 Å². The van der Waals surface area contributed by atoms with Crippen molar-refractivity contribution in [3.05, 3.63) is 24.3 Å². The summed E-state index contributed by atoms with van der Waals surface area (Å²) in [6, 6.07) is 7.86. The van der Waals surface area contributed by atoms with Gasteiger partial charge in [-0.2, -0.15) is 0 Å². The topological polar surface area (TPSA) is 124 Å². The molecule has 0 amide bonds. The summed E-state index contributed by atoms with van der Waals surface area (Å²) < 4.78 is 23.1. The number of rotatable bonds is 38. The molecule has 4 atom stereocenters. The summed E-state index contributed by atoms with van der Waals surface area (Å²) in [5, 5.41) is 43.7. The highest BCUT2D eigenvalue weighted by Gasteiger charge is 2.20. The molecular formula is C42H80N2O8. The number of unbranched alkanes of at least 4 members (excludes halogenated alkanes) is 12. The first kappa shape index (κ1) is 48.5. The Morgan fingerprint density at radius 2 is 0.615 bits per heavy atom. The fourth-order valence-electron chi connectivity index (χ4n) is 6.07. The van der Waals surface area contributed by atoms with E-state index < -0.39 is 24.4 Å². The molecule has 0 saturated carbocycles. The van der Waals surface area contributed by atoms with Crippen molar-refractivity contribution in [3.63, 3.8) is 0 Å². The minimum absolute atomic E-state index is 0.232. The fraction of sp³-hybridized carbons (Fsp3) is 0.857. The van der Waals surface area contributed by atoms with Crippen LogP contribution in [0.4, 0.5) is 11.4 Å². The largest absolute Gasteiger partial charge is 0.389 e. The third-order valence-electron chi connectivity index (χ3n) is 9.11. The van der Waals surface area contributed by atoms with Gasteiger partial charge in [-0.25, -0.2) is 0 Å². The molecule has 0 spiro atoms. The van der Waals surface area contributed by atoms with E-state index >= 15 is 0 Å². The van der Waals surface area contributed by atoms with Crippen molar-refractivity contribution in [3.8, 4) is 0 Å². The first-order chi connectivity index (χ1) is 25.3. The van der Waals surface area contributed by atoms with Gasteiger partial charge in [-0.1, -0.05) is 105 Å². The maximum Gasteiger partial charge on any atom is 0.0948 e. The van der Waals surface area contributed by atoms with Crippen LogP contribution in [0.2, 0.25) is 0 Å². The predicted molar refractivity (Wildman–Crippen MR) is 215 cm³/mol. The highest BCUT2D eigenvalue weighted by atomic mass is 16.5. The number of hydrogen-bond acceptors (Lipinski definition) is 10. The minimum Gasteiger partial charge on any atom is -0.389 e. The Bertz CT molecular complexity index is 776. The molecular weight excluding hydrogens is 660 g/mol. The molecule has 0 aromatic heterocycles. The number of aliphatic hydroxyl groups excluding tert-OH is 4. The van der Waals surface area contributed by atoms with E-state index in [-0.39, 0.29) is 26.4 Å². The highest BCUT2D eigenvalue weighted by molar-refractivity contribution is 5.57. The Morgan fingerprint density at radius 1 is 0.385 bits per heavy atom. The molecule has 306 valence electrons. The number of benzene rings is 1. The lowest BCUT2D eigenvalue weighted by Crippen LogP contribution is -2.42. The van der Waals surface area contributed by atoms with Crippen molar-refractivity contribution in [2.75, 3.05) is 88.8 Å². The fourth-order valence-corrected chi connectivity index (χ4v) is 6.07. The molecule has 1 aromatic carbocycles. The van der Waals surface area contributed by atoms with Gasteiger partial charge in [0.2, 0.25) is 0 Å². The van der Waals surface area contributed by atoms with Crippen LogP contribution in [0.1, 0.15) is 130 Å². The Labute approximate surface area is 318 Å². The monoisotopic (exact) mass is 741 g/mol. The van der Waals surface area contributed by atoms with Crippen molar-refractivity contribution in [2.45, 2.75) is 155 Å². The van der Waals surface area contributed by atoms with E-state index in [2.05, 4.69) is 27.7 Å². The standard InChI is InChI=1S/C42H80N2O8/c1-5-9-13-17-25-49-33-39(45)29-43(30-40(46)34-50-26-18-14-10-6-2)37-21-23-38(24-22-37)44(31-41(47)35-51-27-19-15-11-7-3)32-42(48)36-52-28-20-16-12-8-4/h21-24,39-42,45-48H,5-20,25-36H2,1-4H3. The average molecular weight is 741 g/mol. The Balaban J connectivity index is 2.98. The second-order valence-corrected chi connectivity index (χ2v) is 14.5. The molecule has 0 bridgehead atoms. The lowest BCUT2D eigenvalue weighted by atomic mass is 10.2. The van der Waals surface area contributed by atoms with Crippen LogP contribution in [0, 0.1) is 0 Å². The van der Waals surface area contributed by atoms with Gasteiger partial charge in [0.05, 0.1) is 50.8 Å². The van der Waals surface area contributed by atoms with Crippen LogP contribution in [0.25, 0.3) is 0 Å². The van der Waals surface area contributed by atoms with Gasteiger partial charge in [0.25, 0.3) is 0 Å². The van der Waals surface area contributed by atoms with Crippen molar-refractivity contribution >= 4 is 11.4 Å². The molecule has 10 heteroatoms. The van der Waals surface area contributed by atoms with Crippen LogP contribution in [0.3, 0.4) is 0 Å². The van der Waals surface area contributed by atoms with E-state index in [0.29, 0.717) is 52.6 Å². The molecule has 0 aliphatic carbocycles. The normalized spacial score (nSPS) is 14.0. The number of nitrogens with zero attached hydrogens (tertiary/aromatic N) is 2. The molecule has 0 fully saturated rings. The van der Waals surface area contributed by atoms with Crippen LogP contribution < -0.4 is 9.80 Å². The predicted octanol–water partition coefficient (Wildman–Crippen LogP) is 7.13. The van der Waals surface area contributed by atoms with E-state index in [1.54, 1.807) is 0 Å². The quantitative estimate of drug-likeness (QED) is 0.0521. The van der Waals surface area contributed by atoms with Crippen LogP contribution in [-0.4, -0.2) is 124 Å². The summed E-state index contributed by atoms with van der Waals surface area (Å²) in [5.74, 6) is 0. The maximum atomic E-state index is 10.9. The van der Waals surface area contributed by atoms with Crippen LogP contribution in [0.5, 0.6) is 0 Å². The van der Waals surface area contributed by atoms with Gasteiger partial charge in [-0.05, 0) is 49.9 Å². The second kappa shape index (κ2) is 34.0. The molecule has 0 heterocycles. The maximum absolute atomic E-state index is 10.9. The average Bonchev–Trinajstić information content (AvgIpc) is 3.13. The smallest absolute Gasteiger partial charge is 0.0948 e. The van der Waals surface area contributed by atoms with E-state index in [4.69, 9.17) is 18.9 Å². The van der Waals surface area contributed by atoms with Crippen molar-refractivity contribution in [1.82, 2.24) is 0 Å². The zero-order valence-electron chi connectivity index (χ0n) is 33.7. The number of hydrogen-bond donors (Lipinski definition) is 4. The number of aliphatic hydroxyl groups is 4. The zero-order valence-corrected chi connectivity index (χ0v) is 33.7. The van der Waals surface area contributed by atoms with Crippen molar-refractivity contribution in [2.24, 2.45) is 0 Å². The van der Waals surface area contributed by atoms with Gasteiger partial charge >= 0.3 is 0 Å². The molecule has 4 N–H and O–H groups in total. The molecule has 0 aliphatic rings. The molecule has 10 nitrogen and oxygen atoms in total. The molecule has 4 unspecified atom stereocenters. The van der Waals surface area contributed by atoms with Gasteiger partial charge in [0, 0.05) is 64.0 Å². The Hall–Kier alpha value is -1.50. The molecule has 1 rings (SSSR count). The highest BCUT2D eigenvalue weighted by Crippen LogP contribution is 2.23.